The van der Waals surface area contributed by atoms with Crippen LogP contribution in [0.4, 0.5) is 0 Å². The van der Waals surface area contributed by atoms with Gasteiger partial charge in [0, 0.05) is 31.1 Å². The summed E-state index contributed by atoms with van der Waals surface area (Å²) in [7, 11) is 0. The monoisotopic (exact) mass is 397 g/mol. The Bertz CT molecular complexity index is 903. The molecule has 9 heteroatoms. The van der Waals surface area contributed by atoms with E-state index in [2.05, 4.69) is 25.8 Å². The van der Waals surface area contributed by atoms with Crippen LogP contribution in [-0.4, -0.2) is 54.1 Å². The summed E-state index contributed by atoms with van der Waals surface area (Å²) in [5, 5.41) is 26.5. The van der Waals surface area contributed by atoms with Gasteiger partial charge in [0.15, 0.2) is 5.82 Å². The summed E-state index contributed by atoms with van der Waals surface area (Å²) in [4.78, 5) is 4.07. The van der Waals surface area contributed by atoms with E-state index in [0.717, 1.165) is 50.1 Å². The van der Waals surface area contributed by atoms with Crippen molar-refractivity contribution in [3.05, 3.63) is 53.9 Å². The van der Waals surface area contributed by atoms with Gasteiger partial charge >= 0.3 is 0 Å². The quantitative estimate of drug-likeness (QED) is 0.531. The molecule has 3 aromatic rings. The summed E-state index contributed by atoms with van der Waals surface area (Å²) in [5.74, 6) is 0.915. The fraction of sp³-hybridized carbons (Fsp3) is 0.500. The maximum absolute atomic E-state index is 10.5. The van der Waals surface area contributed by atoms with Crippen molar-refractivity contribution in [2.75, 3.05) is 13.2 Å². The summed E-state index contributed by atoms with van der Waals surface area (Å²) in [6.45, 7) is 5.01. The Labute approximate surface area is 169 Å². The van der Waals surface area contributed by atoms with Gasteiger partial charge in [0.05, 0.1) is 25.0 Å². The molecule has 3 heterocycles. The second-order valence-corrected chi connectivity index (χ2v) is 7.46. The zero-order valence-electron chi connectivity index (χ0n) is 16.6. The van der Waals surface area contributed by atoms with Crippen LogP contribution in [0.25, 0.3) is 0 Å². The van der Waals surface area contributed by atoms with Gasteiger partial charge in [-0.1, -0.05) is 17.7 Å². The van der Waals surface area contributed by atoms with Crippen molar-refractivity contribution >= 4 is 0 Å². The summed E-state index contributed by atoms with van der Waals surface area (Å²) in [6, 6.07) is 5.28. The number of aromatic nitrogens is 6. The van der Waals surface area contributed by atoms with Crippen LogP contribution >= 0.6 is 0 Å². The number of aromatic hydroxyl groups is 1. The third kappa shape index (κ3) is 4.80. The Balaban J connectivity index is 1.53. The average molecular weight is 397 g/mol. The van der Waals surface area contributed by atoms with Gasteiger partial charge in [-0.05, 0) is 49.2 Å². The molecule has 0 amide bonds. The van der Waals surface area contributed by atoms with E-state index in [-0.39, 0.29) is 17.9 Å². The topological polar surface area (TPSA) is 103 Å². The number of hydrogen-bond donors (Lipinski definition) is 2. The molecule has 1 fully saturated rings. The van der Waals surface area contributed by atoms with Gasteiger partial charge in [-0.15, -0.1) is 5.10 Å². The van der Waals surface area contributed by atoms with Gasteiger partial charge in [-0.3, -0.25) is 0 Å². The highest BCUT2D eigenvalue weighted by atomic mass is 16.5. The Morgan fingerprint density at radius 3 is 3.10 bits per heavy atom. The van der Waals surface area contributed by atoms with E-state index in [1.807, 2.05) is 36.1 Å². The number of phenolic OH excluding ortho intramolecular Hbond substituents is 1. The third-order valence-corrected chi connectivity index (χ3v) is 5.21. The number of nitrogens with one attached hydrogen (secondary N) is 1. The van der Waals surface area contributed by atoms with Crippen molar-refractivity contribution in [3.8, 4) is 5.75 Å². The number of aryl methyl sites for hydroxylation is 2. The second-order valence-electron chi connectivity index (χ2n) is 7.46. The molecule has 1 aliphatic rings. The van der Waals surface area contributed by atoms with Crippen LogP contribution in [0, 0.1) is 6.92 Å². The first kappa shape index (κ1) is 19.5. The molecule has 0 bridgehead atoms. The zero-order chi connectivity index (χ0) is 20.1. The molecule has 0 aliphatic carbocycles. The van der Waals surface area contributed by atoms with Crippen LogP contribution in [-0.2, 0) is 17.8 Å². The van der Waals surface area contributed by atoms with Gasteiger partial charge in [0.2, 0.25) is 0 Å². The minimum atomic E-state index is -0.311. The molecule has 2 aromatic heterocycles. The molecule has 0 spiro atoms. The van der Waals surface area contributed by atoms with Crippen LogP contribution in [0.3, 0.4) is 0 Å². The highest BCUT2D eigenvalue weighted by molar-refractivity contribution is 5.40. The summed E-state index contributed by atoms with van der Waals surface area (Å²) < 4.78 is 9.60. The molecule has 0 radical (unpaired) electrons. The number of ether oxygens (including phenoxy) is 1. The normalized spacial score (nSPS) is 17.6. The van der Waals surface area contributed by atoms with Gasteiger partial charge in [-0.25, -0.2) is 9.67 Å². The van der Waals surface area contributed by atoms with Crippen LogP contribution in [0.2, 0.25) is 0 Å². The van der Waals surface area contributed by atoms with Crippen molar-refractivity contribution in [2.24, 2.45) is 0 Å². The molecule has 2 atom stereocenters. The number of imidazole rings is 1. The van der Waals surface area contributed by atoms with E-state index in [4.69, 9.17) is 4.74 Å². The number of phenols is 1. The minimum Gasteiger partial charge on any atom is -0.508 e. The summed E-state index contributed by atoms with van der Waals surface area (Å²) in [5.41, 5.74) is 1.84. The van der Waals surface area contributed by atoms with E-state index < -0.39 is 0 Å². The van der Waals surface area contributed by atoms with Crippen LogP contribution in [0.1, 0.15) is 42.3 Å². The largest absolute Gasteiger partial charge is 0.508 e. The molecular weight excluding hydrogens is 370 g/mol. The molecule has 154 valence electrons. The maximum atomic E-state index is 10.5. The molecule has 2 unspecified atom stereocenters. The molecule has 9 nitrogen and oxygen atoms in total. The van der Waals surface area contributed by atoms with E-state index in [0.29, 0.717) is 12.4 Å². The highest BCUT2D eigenvalue weighted by Gasteiger charge is 2.26. The van der Waals surface area contributed by atoms with Gasteiger partial charge in [-0.2, -0.15) is 0 Å². The van der Waals surface area contributed by atoms with Gasteiger partial charge in [0.25, 0.3) is 0 Å². The zero-order valence-corrected chi connectivity index (χ0v) is 16.6. The van der Waals surface area contributed by atoms with Gasteiger partial charge < -0.3 is 19.7 Å². The van der Waals surface area contributed by atoms with E-state index >= 15 is 0 Å². The second kappa shape index (κ2) is 9.15. The number of hydrogen-bond acceptors (Lipinski definition) is 7. The highest BCUT2D eigenvalue weighted by Crippen LogP contribution is 2.29. The molecule has 29 heavy (non-hydrogen) atoms. The maximum Gasteiger partial charge on any atom is 0.173 e. The molecule has 0 saturated carbocycles. The third-order valence-electron chi connectivity index (χ3n) is 5.21. The lowest BCUT2D eigenvalue weighted by Gasteiger charge is -2.21. The van der Waals surface area contributed by atoms with Crippen LogP contribution in [0.15, 0.2) is 36.9 Å². The predicted octanol–water partition coefficient (Wildman–Crippen LogP) is 1.83. The molecule has 4 rings (SSSR count). The van der Waals surface area contributed by atoms with Crippen molar-refractivity contribution in [2.45, 2.75) is 51.4 Å². The Morgan fingerprint density at radius 1 is 1.38 bits per heavy atom. The summed E-state index contributed by atoms with van der Waals surface area (Å²) >= 11 is 0. The van der Waals surface area contributed by atoms with Crippen molar-refractivity contribution in [1.29, 1.82) is 0 Å². The lowest BCUT2D eigenvalue weighted by molar-refractivity contribution is 0.0923. The molecule has 1 aliphatic heterocycles. The lowest BCUT2D eigenvalue weighted by atomic mass is 10.0. The van der Waals surface area contributed by atoms with Gasteiger partial charge in [0.1, 0.15) is 5.75 Å². The van der Waals surface area contributed by atoms with Crippen LogP contribution in [0.5, 0.6) is 5.75 Å². The number of nitrogens with zero attached hydrogens (tertiary/aromatic N) is 6. The SMILES string of the molecule is Cc1ccc(O)c(C(NCCCn2ccnc2)c2nnnn2CC2CCCO2)c1. The first-order valence-electron chi connectivity index (χ1n) is 10.1. The Hall–Kier alpha value is -2.78. The van der Waals surface area contributed by atoms with Crippen molar-refractivity contribution < 1.29 is 9.84 Å². The van der Waals surface area contributed by atoms with Crippen molar-refractivity contribution in [1.82, 2.24) is 35.1 Å². The smallest absolute Gasteiger partial charge is 0.173 e. The van der Waals surface area contributed by atoms with E-state index in [9.17, 15) is 5.11 Å². The molecular formula is C20H27N7O2. The van der Waals surface area contributed by atoms with E-state index in [1.165, 1.54) is 0 Å². The Morgan fingerprint density at radius 2 is 2.31 bits per heavy atom. The number of tetrazole rings is 1. The first-order valence-corrected chi connectivity index (χ1v) is 10.1. The fourth-order valence-corrected chi connectivity index (χ4v) is 3.70. The standard InChI is InChI=1S/C20H27N7O2/c1-15-5-6-18(28)17(12-15)19(22-7-3-9-26-10-8-21-14-26)20-23-24-25-27(20)13-16-4-2-11-29-16/h5-6,8,10,12,14,16,19,22,28H,2-4,7,9,11,13H2,1H3. The summed E-state index contributed by atoms with van der Waals surface area (Å²) in [6.07, 6.45) is 8.66. The van der Waals surface area contributed by atoms with Crippen LogP contribution < -0.4 is 5.32 Å². The number of benzene rings is 1. The van der Waals surface area contributed by atoms with E-state index in [1.54, 1.807) is 16.9 Å². The first-order chi connectivity index (χ1) is 14.2. The number of rotatable bonds is 9. The molecule has 1 saturated heterocycles. The molecule has 1 aromatic carbocycles. The fourth-order valence-electron chi connectivity index (χ4n) is 3.70. The lowest BCUT2D eigenvalue weighted by Crippen LogP contribution is -2.29. The molecule has 2 N–H and O–H groups in total. The average Bonchev–Trinajstić information content (AvgIpc) is 3.48. The minimum absolute atomic E-state index is 0.130. The van der Waals surface area contributed by atoms with Crippen molar-refractivity contribution in [3.63, 3.8) is 0 Å². The Kier molecular flexibility index (Phi) is 6.16. The predicted molar refractivity (Wildman–Crippen MR) is 106 cm³/mol.